The molecule has 1 aromatic heterocycles. The Morgan fingerprint density at radius 1 is 1.18 bits per heavy atom. The lowest BCUT2D eigenvalue weighted by atomic mass is 10.2. The van der Waals surface area contributed by atoms with Crippen molar-refractivity contribution >= 4 is 27.3 Å². The van der Waals surface area contributed by atoms with Crippen molar-refractivity contribution in [2.24, 2.45) is 0 Å². The van der Waals surface area contributed by atoms with Crippen LogP contribution in [-0.2, 0) is 14.8 Å². The van der Waals surface area contributed by atoms with Gasteiger partial charge in [0.2, 0.25) is 0 Å². The van der Waals surface area contributed by atoms with Crippen LogP contribution >= 0.6 is 11.6 Å². The maximum atomic E-state index is 12.9. The molecule has 1 heterocycles. The summed E-state index contributed by atoms with van der Waals surface area (Å²) in [4.78, 5) is 0.121. The van der Waals surface area contributed by atoms with Crippen molar-refractivity contribution < 1.29 is 17.9 Å². The highest BCUT2D eigenvalue weighted by Gasteiger charge is 2.18. The summed E-state index contributed by atoms with van der Waals surface area (Å²) in [5.41, 5.74) is 1.60. The van der Waals surface area contributed by atoms with Crippen molar-refractivity contribution in [3.05, 3.63) is 65.4 Å². The molecule has 1 N–H and O–H groups in total. The molecule has 0 atom stereocenters. The van der Waals surface area contributed by atoms with E-state index >= 15 is 0 Å². The van der Waals surface area contributed by atoms with Gasteiger partial charge >= 0.3 is 0 Å². The van der Waals surface area contributed by atoms with Gasteiger partial charge in [-0.25, -0.2) is 13.1 Å². The summed E-state index contributed by atoms with van der Waals surface area (Å²) in [5, 5.41) is 4.56. The molecule has 0 aliphatic heterocycles. The number of aryl methyl sites for hydroxylation is 1. The highest BCUT2D eigenvalue weighted by Crippen LogP contribution is 2.28. The fraction of sp³-hybridized carbons (Fsp3) is 0.211. The first-order valence-corrected chi connectivity index (χ1v) is 10.3. The van der Waals surface area contributed by atoms with Crippen molar-refractivity contribution in [2.75, 3.05) is 25.0 Å². The van der Waals surface area contributed by atoms with Gasteiger partial charge in [0.05, 0.1) is 22.9 Å². The van der Waals surface area contributed by atoms with Crippen molar-refractivity contribution in [1.29, 1.82) is 0 Å². The number of hydrogen-bond donors (Lipinski definition) is 1. The second-order valence-corrected chi connectivity index (χ2v) is 8.11. The summed E-state index contributed by atoms with van der Waals surface area (Å²) in [5.74, 6) is 0.607. The van der Waals surface area contributed by atoms with Gasteiger partial charge in [0.15, 0.2) is 0 Å². The third-order valence-corrected chi connectivity index (χ3v) is 5.55. The molecule has 0 aliphatic rings. The van der Waals surface area contributed by atoms with E-state index in [4.69, 9.17) is 21.1 Å². The van der Waals surface area contributed by atoms with Gasteiger partial charge in [-0.05, 0) is 55.0 Å². The average molecular weight is 422 g/mol. The summed E-state index contributed by atoms with van der Waals surface area (Å²) in [6.07, 6.45) is 3.33. The van der Waals surface area contributed by atoms with Crippen molar-refractivity contribution in [3.8, 4) is 11.4 Å². The van der Waals surface area contributed by atoms with Crippen molar-refractivity contribution in [2.45, 2.75) is 11.8 Å². The van der Waals surface area contributed by atoms with Crippen molar-refractivity contribution in [1.82, 2.24) is 9.78 Å². The van der Waals surface area contributed by atoms with Crippen LogP contribution in [0.5, 0.6) is 5.75 Å². The Bertz CT molecular complexity index is 1050. The lowest BCUT2D eigenvalue weighted by molar-refractivity contribution is 0.146. The molecule has 9 heteroatoms. The molecule has 7 nitrogen and oxygen atoms in total. The van der Waals surface area contributed by atoms with Crippen LogP contribution in [0.1, 0.15) is 5.56 Å². The van der Waals surface area contributed by atoms with Crippen LogP contribution in [0.15, 0.2) is 59.8 Å². The normalized spacial score (nSPS) is 11.4. The van der Waals surface area contributed by atoms with Crippen LogP contribution in [0.25, 0.3) is 5.69 Å². The quantitative estimate of drug-likeness (QED) is 0.561. The van der Waals surface area contributed by atoms with Crippen LogP contribution in [-0.4, -0.2) is 38.5 Å². The minimum atomic E-state index is -3.84. The molecule has 0 spiro atoms. The monoisotopic (exact) mass is 421 g/mol. The number of methoxy groups -OCH3 is 1. The van der Waals surface area contributed by atoms with E-state index in [9.17, 15) is 8.42 Å². The molecule has 0 bridgehead atoms. The summed E-state index contributed by atoms with van der Waals surface area (Å²) in [6, 6.07) is 11.4. The maximum Gasteiger partial charge on any atom is 0.261 e. The van der Waals surface area contributed by atoms with Gasteiger partial charge in [-0.2, -0.15) is 5.10 Å². The summed E-state index contributed by atoms with van der Waals surface area (Å²) < 4.78 is 40.5. The van der Waals surface area contributed by atoms with Gasteiger partial charge in [0, 0.05) is 24.5 Å². The first kappa shape index (κ1) is 20.2. The first-order valence-electron chi connectivity index (χ1n) is 8.45. The summed E-state index contributed by atoms with van der Waals surface area (Å²) in [7, 11) is -2.25. The summed E-state index contributed by atoms with van der Waals surface area (Å²) in [6.45, 7) is 2.62. The van der Waals surface area contributed by atoms with Crippen LogP contribution in [0.2, 0.25) is 5.02 Å². The Morgan fingerprint density at radius 3 is 2.68 bits per heavy atom. The van der Waals surface area contributed by atoms with Crippen LogP contribution < -0.4 is 9.46 Å². The second kappa shape index (κ2) is 8.64. The average Bonchev–Trinajstić information content (AvgIpc) is 3.17. The zero-order valence-corrected chi connectivity index (χ0v) is 17.0. The minimum absolute atomic E-state index is 0.121. The SMILES string of the molecule is COCCOc1ccc(S(=O)(=O)Nc2cc(Cl)ccc2-n2cccn2)cc1C. The summed E-state index contributed by atoms with van der Waals surface area (Å²) >= 11 is 6.07. The third-order valence-electron chi connectivity index (χ3n) is 3.96. The molecule has 0 saturated heterocycles. The maximum absolute atomic E-state index is 12.9. The molecule has 0 aliphatic carbocycles. The fourth-order valence-electron chi connectivity index (χ4n) is 2.59. The lowest BCUT2D eigenvalue weighted by Gasteiger charge is -2.14. The molecule has 148 valence electrons. The predicted molar refractivity (Wildman–Crippen MR) is 108 cm³/mol. The van der Waals surface area contributed by atoms with Crippen LogP contribution in [0.3, 0.4) is 0 Å². The number of benzene rings is 2. The standard InChI is InChI=1S/C19H20ClN3O4S/c1-14-12-16(5-7-19(14)27-11-10-26-2)28(24,25)22-17-13-15(20)4-6-18(17)23-9-3-8-21-23/h3-9,12-13,22H,10-11H2,1-2H3. The number of nitrogens with one attached hydrogen (secondary N) is 1. The Balaban J connectivity index is 1.89. The number of rotatable bonds is 8. The van der Waals surface area contributed by atoms with Gasteiger partial charge in [-0.3, -0.25) is 4.72 Å². The molecule has 0 radical (unpaired) electrons. The number of anilines is 1. The third kappa shape index (κ3) is 4.64. The molecule has 3 rings (SSSR count). The Hall–Kier alpha value is -2.55. The Morgan fingerprint density at radius 2 is 2.00 bits per heavy atom. The van der Waals surface area contributed by atoms with Gasteiger partial charge < -0.3 is 9.47 Å². The van der Waals surface area contributed by atoms with E-state index in [2.05, 4.69) is 9.82 Å². The zero-order chi connectivity index (χ0) is 20.1. The fourth-order valence-corrected chi connectivity index (χ4v) is 3.91. The molecule has 0 unspecified atom stereocenters. The van der Waals surface area contributed by atoms with E-state index in [0.717, 1.165) is 0 Å². The predicted octanol–water partition coefficient (Wildman–Crippen LogP) is 3.66. The van der Waals surface area contributed by atoms with Crippen LogP contribution in [0.4, 0.5) is 5.69 Å². The number of ether oxygens (including phenoxy) is 2. The number of halogens is 1. The molecule has 0 fully saturated rings. The highest BCUT2D eigenvalue weighted by atomic mass is 35.5. The lowest BCUT2D eigenvalue weighted by Crippen LogP contribution is -2.15. The highest BCUT2D eigenvalue weighted by molar-refractivity contribution is 7.92. The van der Waals surface area contributed by atoms with Gasteiger partial charge in [-0.15, -0.1) is 0 Å². The molecular weight excluding hydrogens is 402 g/mol. The van der Waals surface area contributed by atoms with E-state index in [1.165, 1.54) is 6.07 Å². The minimum Gasteiger partial charge on any atom is -0.491 e. The molecule has 0 amide bonds. The van der Waals surface area contributed by atoms with Gasteiger partial charge in [0.1, 0.15) is 12.4 Å². The van der Waals surface area contributed by atoms with Gasteiger partial charge in [0.25, 0.3) is 10.0 Å². The van der Waals surface area contributed by atoms with E-state index in [1.54, 1.807) is 67.5 Å². The molecule has 0 saturated carbocycles. The van der Waals surface area contributed by atoms with E-state index < -0.39 is 10.0 Å². The first-order chi connectivity index (χ1) is 13.4. The molecular formula is C19H20ClN3O4S. The number of aromatic nitrogens is 2. The number of nitrogens with zero attached hydrogens (tertiary/aromatic N) is 2. The number of hydrogen-bond acceptors (Lipinski definition) is 5. The van der Waals surface area contributed by atoms with Crippen LogP contribution in [0, 0.1) is 6.92 Å². The smallest absolute Gasteiger partial charge is 0.261 e. The van der Waals surface area contributed by atoms with Crippen molar-refractivity contribution in [3.63, 3.8) is 0 Å². The topological polar surface area (TPSA) is 82.5 Å². The van der Waals surface area contributed by atoms with Gasteiger partial charge in [-0.1, -0.05) is 11.6 Å². The van der Waals surface area contributed by atoms with E-state index in [0.29, 0.717) is 40.9 Å². The molecule has 2 aromatic carbocycles. The van der Waals surface area contributed by atoms with E-state index in [1.807, 2.05) is 0 Å². The number of sulfonamides is 1. The molecule has 28 heavy (non-hydrogen) atoms. The largest absolute Gasteiger partial charge is 0.491 e. The zero-order valence-electron chi connectivity index (χ0n) is 15.4. The second-order valence-electron chi connectivity index (χ2n) is 5.99. The Labute approximate surface area is 168 Å². The molecule has 3 aromatic rings. The van der Waals surface area contributed by atoms with E-state index in [-0.39, 0.29) is 4.90 Å². The Kier molecular flexibility index (Phi) is 6.23.